The van der Waals surface area contributed by atoms with E-state index in [9.17, 15) is 95.5 Å². The molecule has 5 rings (SSSR count). The van der Waals surface area contributed by atoms with Crippen LogP contribution in [0.3, 0.4) is 0 Å². The monoisotopic (exact) mass is 1140 g/mol. The number of ether oxygens (including phenoxy) is 8. The summed E-state index contributed by atoms with van der Waals surface area (Å²) < 4.78 is 89.2. The number of nitrogens with two attached hydrogens (primary N) is 2. The maximum atomic E-state index is 12.8. The lowest BCUT2D eigenvalue weighted by Crippen LogP contribution is -2.69. The molecule has 19 N–H and O–H groups in total. The fraction of sp³-hybridized carbons (Fsp3) is 1.00. The SMILES string of the molecule is NCCOP(=O)([O-])OC[C@H]1O[C@H](O[C@@H]2[C@@H](OC[C@H]3O[C@H](O[C@H]4[C@H](O)[C@@H](N)[C@@H](O[C@@H]5[C@@H](O)[C@H](O)[C@@H](O)[C@@H](O)[C@H]5OP(=O)([O-])OCCCCCCS)O[C@@H]4CO)[C@@H](O)[C@@H](O)[C@@H]3O)O[C@H](CO)[C@@H](O)[C@@H]2O)[C@@H](O)[C@@H](O)[C@@H]1O. The first-order chi connectivity index (χ1) is 34.8. The van der Waals surface area contributed by atoms with Crippen molar-refractivity contribution in [3.63, 3.8) is 0 Å². The summed E-state index contributed by atoms with van der Waals surface area (Å²) in [5.41, 5.74) is 11.5. The second kappa shape index (κ2) is 28.8. The van der Waals surface area contributed by atoms with Crippen LogP contribution in [-0.2, 0) is 65.1 Å². The van der Waals surface area contributed by atoms with Gasteiger partial charge in [-0.25, -0.2) is 0 Å². The van der Waals surface area contributed by atoms with Gasteiger partial charge in [0.25, 0.3) is 15.6 Å². The highest BCUT2D eigenvalue weighted by Crippen LogP contribution is 2.45. The zero-order chi connectivity index (χ0) is 55.0. The molecule has 0 amide bonds. The lowest BCUT2D eigenvalue weighted by Gasteiger charge is -2.49. The third kappa shape index (κ3) is 15.9. The molecule has 5 aliphatic rings. The van der Waals surface area contributed by atoms with Gasteiger partial charge in [-0.05, 0) is 18.6 Å². The molecule has 36 heteroatoms. The number of aliphatic hydroxyl groups is 15. The highest BCUT2D eigenvalue weighted by Gasteiger charge is 2.57. The summed E-state index contributed by atoms with van der Waals surface area (Å²) in [4.78, 5) is 24.9. The van der Waals surface area contributed by atoms with Gasteiger partial charge in [-0.1, -0.05) is 12.8 Å². The Hall–Kier alpha value is -0.430. The van der Waals surface area contributed by atoms with Crippen molar-refractivity contribution in [2.24, 2.45) is 11.5 Å². The van der Waals surface area contributed by atoms with E-state index in [4.69, 9.17) is 58.4 Å². The molecule has 436 valence electrons. The van der Waals surface area contributed by atoms with E-state index in [0.29, 0.717) is 12.2 Å². The van der Waals surface area contributed by atoms with E-state index in [1.165, 1.54) is 0 Å². The van der Waals surface area contributed by atoms with Crippen LogP contribution in [-0.4, -0.2) is 288 Å². The van der Waals surface area contributed by atoms with Crippen LogP contribution in [0, 0.1) is 0 Å². The van der Waals surface area contributed by atoms with Crippen LogP contribution in [0.2, 0.25) is 0 Å². The van der Waals surface area contributed by atoms with Gasteiger partial charge in [0.15, 0.2) is 25.2 Å². The highest BCUT2D eigenvalue weighted by molar-refractivity contribution is 7.80. The molecule has 4 saturated heterocycles. The minimum absolute atomic E-state index is 0.213. The Kier molecular flexibility index (Phi) is 25.1. The van der Waals surface area contributed by atoms with Gasteiger partial charge in [0.2, 0.25) is 0 Å². The Balaban J connectivity index is 1.27. The first-order valence-electron chi connectivity index (χ1n) is 23.4. The summed E-state index contributed by atoms with van der Waals surface area (Å²) in [6, 6.07) is -1.82. The smallest absolute Gasteiger partial charge is 0.268 e. The molecule has 0 radical (unpaired) electrons. The Morgan fingerprint density at radius 2 is 0.919 bits per heavy atom. The summed E-state index contributed by atoms with van der Waals surface area (Å²) in [5.74, 6) is 0.611. The van der Waals surface area contributed by atoms with E-state index in [1.54, 1.807) is 0 Å². The first-order valence-corrected chi connectivity index (χ1v) is 27.0. The molecule has 5 fully saturated rings. The van der Waals surface area contributed by atoms with Gasteiger partial charge < -0.3 is 154 Å². The van der Waals surface area contributed by atoms with Crippen LogP contribution in [0.15, 0.2) is 0 Å². The van der Waals surface area contributed by atoms with Crippen molar-refractivity contribution < 1.29 is 152 Å². The molecule has 33 nitrogen and oxygen atoms in total. The summed E-state index contributed by atoms with van der Waals surface area (Å²) in [6.45, 7) is -4.99. The third-order valence-electron chi connectivity index (χ3n) is 12.7. The van der Waals surface area contributed by atoms with E-state index >= 15 is 0 Å². The van der Waals surface area contributed by atoms with Gasteiger partial charge in [-0.2, -0.15) is 12.6 Å². The lowest BCUT2D eigenvalue weighted by molar-refractivity contribution is -0.378. The molecule has 2 unspecified atom stereocenters. The second-order valence-corrected chi connectivity index (χ2v) is 21.2. The lowest BCUT2D eigenvalue weighted by atomic mass is 9.84. The van der Waals surface area contributed by atoms with Crippen molar-refractivity contribution in [2.75, 3.05) is 51.9 Å². The zero-order valence-electron chi connectivity index (χ0n) is 39.2. The van der Waals surface area contributed by atoms with E-state index in [1.807, 2.05) is 0 Å². The number of phosphoric acid groups is 2. The van der Waals surface area contributed by atoms with Crippen molar-refractivity contribution >= 4 is 28.3 Å². The molecule has 28 atom stereocenters. The number of phosphoric ester groups is 2. The quantitative estimate of drug-likeness (QED) is 0.0217. The van der Waals surface area contributed by atoms with Crippen molar-refractivity contribution in [3.05, 3.63) is 0 Å². The normalized spacial score (nSPS) is 45.9. The summed E-state index contributed by atoms with van der Waals surface area (Å²) in [6.07, 6.45) is -48.4. The number of aliphatic hydroxyl groups excluding tert-OH is 15. The number of unbranched alkanes of at least 4 members (excludes halogenated alkanes) is 3. The van der Waals surface area contributed by atoms with Gasteiger partial charge in [0, 0.05) is 6.54 Å². The van der Waals surface area contributed by atoms with Crippen LogP contribution in [0.1, 0.15) is 25.7 Å². The van der Waals surface area contributed by atoms with Crippen molar-refractivity contribution in [1.82, 2.24) is 0 Å². The summed E-state index contributed by atoms with van der Waals surface area (Å²) >= 11 is 4.10. The van der Waals surface area contributed by atoms with Gasteiger partial charge in [-0.3, -0.25) is 9.13 Å². The average Bonchev–Trinajstić information content (AvgIpc) is 3.37. The zero-order valence-corrected chi connectivity index (χ0v) is 41.9. The third-order valence-corrected chi connectivity index (χ3v) is 15.0. The van der Waals surface area contributed by atoms with E-state index in [2.05, 4.69) is 21.7 Å². The molecule has 0 aromatic rings. The van der Waals surface area contributed by atoms with Crippen LogP contribution >= 0.6 is 28.3 Å². The molecule has 0 aromatic carbocycles. The van der Waals surface area contributed by atoms with Crippen LogP contribution in [0.25, 0.3) is 0 Å². The predicted molar refractivity (Wildman–Crippen MR) is 235 cm³/mol. The second-order valence-electron chi connectivity index (χ2n) is 18.0. The number of rotatable bonds is 26. The van der Waals surface area contributed by atoms with E-state index < -0.39 is 208 Å². The van der Waals surface area contributed by atoms with Crippen LogP contribution in [0.5, 0.6) is 0 Å². The molecule has 0 bridgehead atoms. The molecule has 4 heterocycles. The molecular weight excluding hydrogens is 1070 g/mol. The minimum Gasteiger partial charge on any atom is -0.756 e. The standard InChI is InChI=1S/C38H72N2O31P2S/c39-5-7-62-72(56,57)63-12-16-20(45)23(48)30(55)37(67-16)70-34-26(51)18(43)13(9-41)64-38(34)60-11-15-19(44)22(47)29(54)36(66-15)68-31-14(10-42)65-35(17(40)21(31)46)69-32-27(52)24(49)25(50)28(53)33(32)71-73(58,59)61-6-3-1-2-4-8-74/h13-38,41-55,74H,1-12,39-40H2,(H,56,57)(H,58,59)/p-2/t13-,14-,15-,16-,17-,18-,19-,20-,21-,22+,23+,24-,25-,26+,27+,28-,29+,30+,31-,32-,33-,34+,35-,36-,37-,38+/m1/s1. The fourth-order valence-corrected chi connectivity index (χ4v) is 10.4. The predicted octanol–water partition coefficient (Wildman–Crippen LogP) is -11.1. The molecule has 74 heavy (non-hydrogen) atoms. The Labute approximate surface area is 427 Å². The summed E-state index contributed by atoms with van der Waals surface area (Å²) in [5, 5.41) is 161. The maximum Gasteiger partial charge on any atom is 0.268 e. The van der Waals surface area contributed by atoms with Crippen LogP contribution in [0.4, 0.5) is 0 Å². The molecule has 0 aromatic heterocycles. The minimum atomic E-state index is -5.34. The number of thiol groups is 1. The van der Waals surface area contributed by atoms with Crippen molar-refractivity contribution in [2.45, 2.75) is 185 Å². The average molecular weight is 1140 g/mol. The first kappa shape index (κ1) is 64.4. The topological polar surface area (TPSA) is 547 Å². The fourth-order valence-electron chi connectivity index (χ4n) is 8.45. The van der Waals surface area contributed by atoms with Crippen LogP contribution < -0.4 is 21.3 Å². The van der Waals surface area contributed by atoms with Crippen molar-refractivity contribution in [1.29, 1.82) is 0 Å². The molecule has 1 aliphatic carbocycles. The largest absolute Gasteiger partial charge is 0.756 e. The highest BCUT2D eigenvalue weighted by atomic mass is 32.1. The Morgan fingerprint density at radius 3 is 1.49 bits per heavy atom. The molecular formula is C38H70N2O31P2S-2. The maximum absolute atomic E-state index is 12.8. The summed E-state index contributed by atoms with van der Waals surface area (Å²) in [7, 11) is -10.4. The van der Waals surface area contributed by atoms with E-state index in [0.717, 1.165) is 12.8 Å². The van der Waals surface area contributed by atoms with Crippen molar-refractivity contribution in [3.8, 4) is 0 Å². The number of hydrogen-bond donors (Lipinski definition) is 18. The van der Waals surface area contributed by atoms with E-state index in [-0.39, 0.29) is 19.6 Å². The van der Waals surface area contributed by atoms with Gasteiger partial charge in [0.1, 0.15) is 128 Å². The molecule has 1 saturated carbocycles. The van der Waals surface area contributed by atoms with Gasteiger partial charge >= 0.3 is 0 Å². The van der Waals surface area contributed by atoms with Gasteiger partial charge in [-0.15, -0.1) is 0 Å². The number of hydrogen-bond acceptors (Lipinski definition) is 34. The van der Waals surface area contributed by atoms with Gasteiger partial charge in [0.05, 0.1) is 45.7 Å². The Bertz CT molecular complexity index is 1780. The molecule has 0 spiro atoms. The Morgan fingerprint density at radius 1 is 0.459 bits per heavy atom. The molecule has 4 aliphatic heterocycles.